The van der Waals surface area contributed by atoms with E-state index in [1.54, 1.807) is 0 Å². The van der Waals surface area contributed by atoms with E-state index in [0.717, 1.165) is 23.0 Å². The van der Waals surface area contributed by atoms with Crippen LogP contribution in [0.3, 0.4) is 0 Å². The molecular weight excluding hydrogens is 452 g/mol. The maximum Gasteiger partial charge on any atom is 2.00 e. The molecule has 0 fully saturated rings. The fourth-order valence-corrected chi connectivity index (χ4v) is 5.40. The summed E-state index contributed by atoms with van der Waals surface area (Å²) in [6, 6.07) is 6.11. The Morgan fingerprint density at radius 2 is 1.07 bits per heavy atom. The van der Waals surface area contributed by atoms with Gasteiger partial charge >= 0.3 is 18.6 Å². The van der Waals surface area contributed by atoms with Crippen molar-refractivity contribution in [3.8, 4) is 23.0 Å². The maximum absolute atomic E-state index is 4.88. The molecule has 0 spiro atoms. The van der Waals surface area contributed by atoms with Crippen molar-refractivity contribution in [1.29, 1.82) is 0 Å². The van der Waals surface area contributed by atoms with Crippen molar-refractivity contribution in [1.82, 2.24) is 23.4 Å². The normalized spacial score (nSPS) is 11.2. The van der Waals surface area contributed by atoms with E-state index in [-0.39, 0.29) is 43.4 Å². The van der Waals surface area contributed by atoms with E-state index >= 15 is 0 Å². The van der Waals surface area contributed by atoms with E-state index in [4.69, 9.17) is 4.98 Å². The molecule has 0 aliphatic carbocycles. The van der Waals surface area contributed by atoms with Crippen LogP contribution in [0.25, 0.3) is 23.0 Å². The molecule has 0 saturated heterocycles. The summed E-state index contributed by atoms with van der Waals surface area (Å²) in [7, 11) is -3.07. The molecule has 0 aliphatic heterocycles. The minimum absolute atomic E-state index is 0. The second kappa shape index (κ2) is 9.58. The van der Waals surface area contributed by atoms with Gasteiger partial charge in [-0.1, -0.05) is 45.3 Å². The smallest absolute Gasteiger partial charge is 1.00 e. The fraction of sp³-hybridized carbons (Fsp3) is 0.353. The second-order valence-corrected chi connectivity index (χ2v) is 17.6. The monoisotopic (exact) mass is 476 g/mol. The van der Waals surface area contributed by atoms with Crippen LogP contribution in [0, 0.1) is 0 Å². The Balaban J connectivity index is 0.00000225. The zero-order chi connectivity index (χ0) is 17.5. The van der Waals surface area contributed by atoms with Crippen LogP contribution >= 0.6 is 0 Å². The molecular formula is C17H25Cl2N5Si2V. The number of halogens is 2. The summed E-state index contributed by atoms with van der Waals surface area (Å²) in [6.45, 7) is 13.8. The third-order valence-electron chi connectivity index (χ3n) is 3.93. The molecule has 5 nitrogen and oxygen atoms in total. The van der Waals surface area contributed by atoms with Crippen molar-refractivity contribution < 1.29 is 43.4 Å². The fourth-order valence-electron chi connectivity index (χ4n) is 2.75. The van der Waals surface area contributed by atoms with E-state index in [2.05, 4.69) is 70.1 Å². The molecule has 0 atom stereocenters. The van der Waals surface area contributed by atoms with Crippen molar-refractivity contribution in [3.05, 3.63) is 43.0 Å². The first-order valence-corrected chi connectivity index (χ1v) is 15.1. The first kappa shape index (κ1) is 26.2. The molecule has 0 bridgehead atoms. The Hall–Kier alpha value is -0.832. The average molecular weight is 477 g/mol. The molecule has 3 aromatic rings. The third kappa shape index (κ3) is 5.59. The van der Waals surface area contributed by atoms with Crippen molar-refractivity contribution in [2.45, 2.75) is 39.3 Å². The van der Waals surface area contributed by atoms with Crippen molar-refractivity contribution in [2.75, 3.05) is 0 Å². The number of imidazole rings is 2. The molecule has 27 heavy (non-hydrogen) atoms. The van der Waals surface area contributed by atoms with Gasteiger partial charge in [0.05, 0.1) is 0 Å². The van der Waals surface area contributed by atoms with Crippen LogP contribution in [0.15, 0.2) is 43.0 Å². The molecule has 0 aliphatic rings. The van der Waals surface area contributed by atoms with Gasteiger partial charge in [-0.15, -0.1) is 0 Å². The number of aromatic nitrogens is 5. The Bertz CT molecular complexity index is 801. The zero-order valence-electron chi connectivity index (χ0n) is 16.5. The van der Waals surface area contributed by atoms with Crippen molar-refractivity contribution >= 4 is 16.5 Å². The summed E-state index contributed by atoms with van der Waals surface area (Å²) in [4.78, 5) is 14.0. The van der Waals surface area contributed by atoms with Gasteiger partial charge in [0.2, 0.25) is 0 Å². The summed E-state index contributed by atoms with van der Waals surface area (Å²) in [5, 5.41) is 0. The van der Waals surface area contributed by atoms with Crippen LogP contribution in [0.2, 0.25) is 39.3 Å². The zero-order valence-corrected chi connectivity index (χ0v) is 21.4. The van der Waals surface area contributed by atoms with E-state index in [0.29, 0.717) is 0 Å². The largest absolute Gasteiger partial charge is 2.00 e. The van der Waals surface area contributed by atoms with Crippen LogP contribution in [0.4, 0.5) is 0 Å². The van der Waals surface area contributed by atoms with Gasteiger partial charge in [-0.3, -0.25) is 0 Å². The number of pyridine rings is 1. The summed E-state index contributed by atoms with van der Waals surface area (Å²) >= 11 is 0. The average Bonchev–Trinajstić information content (AvgIpc) is 3.15. The first-order chi connectivity index (χ1) is 11.2. The summed E-state index contributed by atoms with van der Waals surface area (Å²) in [5.74, 6) is 1.89. The number of hydrogen-bond acceptors (Lipinski definition) is 3. The van der Waals surface area contributed by atoms with Gasteiger partial charge in [0.1, 0.15) is 11.4 Å². The maximum atomic E-state index is 4.88. The number of rotatable bonds is 4. The molecule has 3 aromatic heterocycles. The Morgan fingerprint density at radius 1 is 0.704 bits per heavy atom. The Morgan fingerprint density at radius 3 is 1.41 bits per heavy atom. The van der Waals surface area contributed by atoms with Crippen LogP contribution in [0.1, 0.15) is 0 Å². The van der Waals surface area contributed by atoms with E-state index in [1.807, 2.05) is 30.6 Å². The minimum Gasteiger partial charge on any atom is -1.00 e. The summed E-state index contributed by atoms with van der Waals surface area (Å²) < 4.78 is 4.59. The quantitative estimate of drug-likeness (QED) is 0.416. The SMILES string of the molecule is C[Si](C)(C)n1ccnc1-c1cccc(-c2nccn2[Si](C)(C)C)n1.[Cl-].[Cl-].[V+2]. The van der Waals surface area contributed by atoms with Crippen molar-refractivity contribution in [3.63, 3.8) is 0 Å². The van der Waals surface area contributed by atoms with Gasteiger partial charge in [-0.05, 0) is 12.1 Å². The predicted molar refractivity (Wildman–Crippen MR) is 104 cm³/mol. The van der Waals surface area contributed by atoms with Gasteiger partial charge in [0, 0.05) is 24.8 Å². The van der Waals surface area contributed by atoms with E-state index in [1.165, 1.54) is 0 Å². The summed E-state index contributed by atoms with van der Waals surface area (Å²) in [5.41, 5.74) is 1.81. The summed E-state index contributed by atoms with van der Waals surface area (Å²) in [6.07, 6.45) is 7.87. The van der Waals surface area contributed by atoms with Gasteiger partial charge in [-0.25, -0.2) is 15.0 Å². The second-order valence-electron chi connectivity index (χ2n) is 7.99. The van der Waals surface area contributed by atoms with Crippen LogP contribution in [-0.2, 0) is 18.6 Å². The van der Waals surface area contributed by atoms with Gasteiger partial charge in [0.25, 0.3) is 0 Å². The molecule has 3 rings (SSSR count). The molecule has 0 amide bonds. The van der Waals surface area contributed by atoms with E-state index < -0.39 is 16.5 Å². The first-order valence-electron chi connectivity index (χ1n) is 8.23. The molecule has 3 heterocycles. The van der Waals surface area contributed by atoms with Crippen molar-refractivity contribution in [2.24, 2.45) is 0 Å². The predicted octanol–water partition coefficient (Wildman–Crippen LogP) is -1.82. The third-order valence-corrected chi connectivity index (χ3v) is 7.55. The van der Waals surface area contributed by atoms with E-state index in [9.17, 15) is 0 Å². The Kier molecular flexibility index (Phi) is 9.29. The van der Waals surface area contributed by atoms with Gasteiger partial charge in [0.15, 0.2) is 28.1 Å². The van der Waals surface area contributed by atoms with Crippen LogP contribution < -0.4 is 24.8 Å². The topological polar surface area (TPSA) is 48.5 Å². The molecule has 0 aromatic carbocycles. The molecule has 10 heteroatoms. The molecule has 0 N–H and O–H groups in total. The Labute approximate surface area is 187 Å². The van der Waals surface area contributed by atoms with Crippen LogP contribution in [0.5, 0.6) is 0 Å². The van der Waals surface area contributed by atoms with Gasteiger partial charge < -0.3 is 33.3 Å². The minimum atomic E-state index is -1.53. The molecule has 1 radical (unpaired) electrons. The standard InChI is InChI=1S/C17H25N5Si2.2ClH.V/c1-23(2,3)21-12-10-18-16(21)14-8-7-9-15(20-14)17-19-11-13-22(17)24(4,5)6;;;/h7-13H,1-6H3;2*1H;/q;;;+2/p-2. The molecule has 0 unspecified atom stereocenters. The molecule has 0 saturated carbocycles. The van der Waals surface area contributed by atoms with Gasteiger partial charge in [-0.2, -0.15) is 0 Å². The van der Waals surface area contributed by atoms with Crippen LogP contribution in [-0.4, -0.2) is 39.9 Å². The number of hydrogen-bond donors (Lipinski definition) is 0. The number of nitrogens with zero attached hydrogens (tertiary/aromatic N) is 5. The molecule has 145 valence electrons.